The Morgan fingerprint density at radius 3 is 1.70 bits per heavy atom. The Labute approximate surface area is 65.8 Å². The fourth-order valence-corrected chi connectivity index (χ4v) is 0.938. The average molecular weight is 123 g/mol. The maximum atomic E-state index is 2.22. The Balaban J connectivity index is 2.97. The number of rotatable bonds is 0. The molecule has 0 unspecified atom stereocenters. The molecule has 0 bridgehead atoms. The van der Waals surface area contributed by atoms with Gasteiger partial charge in [0.05, 0.1) is 0 Å². The third-order valence-electron chi connectivity index (χ3n) is 1.64. The molecule has 0 aliphatic rings. The molecule has 1 heterocycles. The van der Waals surface area contributed by atoms with E-state index in [1.54, 1.807) is 0 Å². The Kier molecular flexibility index (Phi) is 2.54. The molecule has 0 aliphatic heterocycles. The quantitative estimate of drug-likeness (QED) is 0.443. The summed E-state index contributed by atoms with van der Waals surface area (Å²) >= 11 is 0. The van der Waals surface area contributed by atoms with Gasteiger partial charge in [-0.3, -0.25) is 0 Å². The molecular formula is C5H9B5. The molecule has 0 radical (unpaired) electrons. The van der Waals surface area contributed by atoms with Gasteiger partial charge in [-0.05, 0) is 0 Å². The summed E-state index contributed by atoms with van der Waals surface area (Å²) in [5.41, 5.74) is 0.293. The van der Waals surface area contributed by atoms with E-state index in [0.29, 0.717) is 5.41 Å². The Hall–Kier alpha value is 0.195. The molecule has 0 saturated heterocycles. The van der Waals surface area contributed by atoms with Gasteiger partial charge in [0.25, 0.3) is 0 Å². The Morgan fingerprint density at radius 2 is 1.40 bits per heavy atom. The Bertz CT molecular complexity index is 201. The van der Waals surface area contributed by atoms with Crippen LogP contribution in [0.25, 0.3) is 0 Å². The normalized spacial score (nSPS) is 9.50. The van der Waals surface area contributed by atoms with E-state index >= 15 is 0 Å². The molecule has 0 amide bonds. The van der Waals surface area contributed by atoms with Gasteiger partial charge in [0.2, 0.25) is 0 Å². The van der Waals surface area contributed by atoms with Gasteiger partial charge in [-0.1, -0.05) is 0 Å². The van der Waals surface area contributed by atoms with Crippen LogP contribution in [0, 0.1) is 0 Å². The van der Waals surface area contributed by atoms with E-state index in [0.717, 1.165) is 0 Å². The van der Waals surface area contributed by atoms with Gasteiger partial charge in [-0.2, -0.15) is 0 Å². The van der Waals surface area contributed by atoms with Crippen LogP contribution in [0.15, 0.2) is 0 Å². The van der Waals surface area contributed by atoms with E-state index in [4.69, 9.17) is 0 Å². The minimum atomic E-state index is 0.293. The van der Waals surface area contributed by atoms with Crippen molar-refractivity contribution >= 4 is 33.6 Å². The molecule has 1 aromatic rings. The van der Waals surface area contributed by atoms with E-state index in [2.05, 4.69) is 54.4 Å². The molecule has 5 heteroatoms. The van der Waals surface area contributed by atoms with Crippen LogP contribution in [0.2, 0.25) is 0 Å². The summed E-state index contributed by atoms with van der Waals surface area (Å²) in [4.78, 5) is 0. The van der Waals surface area contributed by atoms with E-state index in [1.165, 1.54) is 5.35 Å². The SMILES string of the molecule is CC(C)(C)c1bbbbb1. The van der Waals surface area contributed by atoms with Crippen molar-refractivity contribution in [2.75, 3.05) is 0 Å². The topological polar surface area (TPSA) is 0 Å². The van der Waals surface area contributed by atoms with Crippen LogP contribution in [0.5, 0.6) is 0 Å². The summed E-state index contributed by atoms with van der Waals surface area (Å²) in [7, 11) is 0. The van der Waals surface area contributed by atoms with E-state index < -0.39 is 0 Å². The first kappa shape index (κ1) is 8.29. The fraction of sp³-hybridized carbons (Fsp3) is 0.800. The first-order chi connectivity index (χ1) is 4.61. The molecule has 44 valence electrons. The molecule has 0 aromatic carbocycles. The standard InChI is InChI=1S/C5H9B5/c1-5(2,3)4-6-8-10-9-7-4/h1-3H3. The second-order valence-corrected chi connectivity index (χ2v) is 3.62. The zero-order valence-corrected chi connectivity index (χ0v) is 6.89. The summed E-state index contributed by atoms with van der Waals surface area (Å²) in [5.74, 6) is 0. The van der Waals surface area contributed by atoms with Crippen molar-refractivity contribution in [1.82, 2.24) is 0 Å². The molecule has 0 nitrogen and oxygen atoms in total. The monoisotopic (exact) mass is 124 g/mol. The third kappa shape index (κ3) is 2.11. The van der Waals surface area contributed by atoms with Gasteiger partial charge < -0.3 is 0 Å². The first-order valence-corrected chi connectivity index (χ1v) is 3.66. The van der Waals surface area contributed by atoms with Crippen LogP contribution in [-0.4, -0.2) is 33.6 Å². The van der Waals surface area contributed by atoms with Crippen molar-refractivity contribution in [1.29, 1.82) is 0 Å². The molecule has 0 aliphatic carbocycles. The van der Waals surface area contributed by atoms with E-state index in [1.807, 2.05) is 0 Å². The van der Waals surface area contributed by atoms with Crippen molar-refractivity contribution in [2.24, 2.45) is 0 Å². The third-order valence-corrected chi connectivity index (χ3v) is 1.64. The summed E-state index contributed by atoms with van der Waals surface area (Å²) in [6.07, 6.45) is 0. The van der Waals surface area contributed by atoms with Crippen molar-refractivity contribution in [2.45, 2.75) is 26.2 Å². The molecule has 0 spiro atoms. The van der Waals surface area contributed by atoms with Crippen molar-refractivity contribution in [3.8, 4) is 0 Å². The van der Waals surface area contributed by atoms with Crippen molar-refractivity contribution < 1.29 is 0 Å². The minimum absolute atomic E-state index is 0.293. The molecule has 0 atom stereocenters. The molecule has 10 heavy (non-hydrogen) atoms. The van der Waals surface area contributed by atoms with Gasteiger partial charge in [0.1, 0.15) is 0 Å². The molecule has 1 rings (SSSR count). The zero-order chi connectivity index (χ0) is 7.61. The predicted molar refractivity (Wildman–Crippen MR) is 51.9 cm³/mol. The summed E-state index contributed by atoms with van der Waals surface area (Å²) in [5, 5.41) is 1.40. The number of hydrogen-bond acceptors (Lipinski definition) is 0. The fourth-order valence-electron chi connectivity index (χ4n) is 0.938. The van der Waals surface area contributed by atoms with Crippen molar-refractivity contribution in [3.63, 3.8) is 0 Å². The van der Waals surface area contributed by atoms with Crippen LogP contribution in [0.1, 0.15) is 26.1 Å². The molecule has 0 N–H and O–H groups in total. The van der Waals surface area contributed by atoms with E-state index in [-0.39, 0.29) is 0 Å². The second-order valence-electron chi connectivity index (χ2n) is 3.62. The van der Waals surface area contributed by atoms with Crippen LogP contribution in [-0.2, 0) is 5.41 Å². The van der Waals surface area contributed by atoms with Crippen molar-refractivity contribution in [3.05, 3.63) is 5.35 Å². The average Bonchev–Trinajstić information content (AvgIpc) is 1.88. The zero-order valence-electron chi connectivity index (χ0n) is 6.89. The first-order valence-electron chi connectivity index (χ1n) is 3.66. The summed E-state index contributed by atoms with van der Waals surface area (Å²) in [6, 6.07) is 0. The molecule has 0 saturated carbocycles. The van der Waals surface area contributed by atoms with Gasteiger partial charge in [-0.25, -0.2) is 0 Å². The van der Waals surface area contributed by atoms with Crippen LogP contribution in [0.4, 0.5) is 0 Å². The maximum absolute atomic E-state index is 2.22. The van der Waals surface area contributed by atoms with Gasteiger partial charge in [0, 0.05) is 0 Å². The molecule has 0 fully saturated rings. The van der Waals surface area contributed by atoms with Crippen LogP contribution in [0.3, 0.4) is 0 Å². The Morgan fingerprint density at radius 1 is 0.900 bits per heavy atom. The molecular weight excluding hydrogens is 114 g/mol. The summed E-state index contributed by atoms with van der Waals surface area (Å²) < 4.78 is 0. The molecule has 1 aromatic heterocycles. The van der Waals surface area contributed by atoms with Gasteiger partial charge in [-0.15, -0.1) is 0 Å². The number of hydrogen-bond donors (Lipinski definition) is 0. The van der Waals surface area contributed by atoms with Gasteiger partial charge >= 0.3 is 65.2 Å². The summed E-state index contributed by atoms with van der Waals surface area (Å²) in [6.45, 7) is 17.2. The van der Waals surface area contributed by atoms with Gasteiger partial charge in [0.15, 0.2) is 0 Å². The van der Waals surface area contributed by atoms with Crippen LogP contribution >= 0.6 is 0 Å². The van der Waals surface area contributed by atoms with E-state index in [9.17, 15) is 0 Å². The van der Waals surface area contributed by atoms with Crippen LogP contribution < -0.4 is 0 Å². The second kappa shape index (κ2) is 3.06. The predicted octanol–water partition coefficient (Wildman–Crippen LogP) is -0.325.